The Morgan fingerprint density at radius 1 is 1.30 bits per heavy atom. The molecule has 0 aromatic heterocycles. The molecule has 0 spiro atoms. The third-order valence-corrected chi connectivity index (χ3v) is 4.53. The summed E-state index contributed by atoms with van der Waals surface area (Å²) in [5.74, 6) is 0.222. The highest BCUT2D eigenvalue weighted by atomic mass is 35.5. The van der Waals surface area contributed by atoms with E-state index in [4.69, 9.17) is 11.6 Å². The number of carbonyl (C=O) groups is 1. The van der Waals surface area contributed by atoms with Crippen molar-refractivity contribution in [2.45, 2.75) is 39.5 Å². The van der Waals surface area contributed by atoms with Crippen LogP contribution in [0.2, 0.25) is 5.02 Å². The van der Waals surface area contributed by atoms with Crippen molar-refractivity contribution in [3.05, 3.63) is 28.8 Å². The molecule has 0 bridgehead atoms. The third kappa shape index (κ3) is 7.22. The van der Waals surface area contributed by atoms with E-state index >= 15 is 0 Å². The molecule has 0 saturated carbocycles. The fraction of sp³-hybridized carbons (Fsp3) is 0.562. The van der Waals surface area contributed by atoms with Gasteiger partial charge in [-0.3, -0.25) is 9.52 Å². The van der Waals surface area contributed by atoms with E-state index in [-0.39, 0.29) is 10.9 Å². The summed E-state index contributed by atoms with van der Waals surface area (Å²) < 4.78 is 24.7. The first kappa shape index (κ1) is 19.8. The number of nitrogens with one attached hydrogen (secondary N) is 2. The highest BCUT2D eigenvalue weighted by Crippen LogP contribution is 2.22. The molecular formula is C16H25ClN2O3S. The molecule has 1 aromatic rings. The number of anilines is 1. The summed E-state index contributed by atoms with van der Waals surface area (Å²) in [4.78, 5) is 12.2. The maximum absolute atomic E-state index is 12.2. The average molecular weight is 361 g/mol. The van der Waals surface area contributed by atoms with Crippen LogP contribution in [0.25, 0.3) is 0 Å². The summed E-state index contributed by atoms with van der Waals surface area (Å²) in [6.45, 7) is 4.89. The lowest BCUT2D eigenvalue weighted by Gasteiger charge is -2.16. The summed E-state index contributed by atoms with van der Waals surface area (Å²) in [6, 6.07) is 4.49. The molecule has 1 unspecified atom stereocenters. The number of amides is 1. The maximum atomic E-state index is 12.2. The molecule has 1 aromatic carbocycles. The zero-order valence-corrected chi connectivity index (χ0v) is 15.4. The van der Waals surface area contributed by atoms with Crippen molar-refractivity contribution in [2.24, 2.45) is 5.92 Å². The van der Waals surface area contributed by atoms with Gasteiger partial charge in [-0.2, -0.15) is 0 Å². The molecule has 0 saturated heterocycles. The summed E-state index contributed by atoms with van der Waals surface area (Å²) in [6.07, 6.45) is 5.47. The van der Waals surface area contributed by atoms with E-state index < -0.39 is 10.0 Å². The Hall–Kier alpha value is -1.27. The van der Waals surface area contributed by atoms with E-state index in [0.717, 1.165) is 31.9 Å². The molecular weight excluding hydrogens is 336 g/mol. The lowest BCUT2D eigenvalue weighted by atomic mass is 9.99. The van der Waals surface area contributed by atoms with Crippen molar-refractivity contribution in [3.8, 4) is 0 Å². The second-order valence-electron chi connectivity index (χ2n) is 5.70. The molecule has 0 radical (unpaired) electrons. The van der Waals surface area contributed by atoms with Crippen molar-refractivity contribution in [2.75, 3.05) is 17.5 Å². The Morgan fingerprint density at radius 3 is 2.52 bits per heavy atom. The number of hydrogen-bond donors (Lipinski definition) is 2. The van der Waals surface area contributed by atoms with Gasteiger partial charge in [0.15, 0.2) is 0 Å². The molecule has 5 nitrogen and oxygen atoms in total. The van der Waals surface area contributed by atoms with Crippen LogP contribution in [0.15, 0.2) is 18.2 Å². The monoisotopic (exact) mass is 360 g/mol. The van der Waals surface area contributed by atoms with Gasteiger partial charge in [0, 0.05) is 12.2 Å². The molecule has 0 aliphatic carbocycles. The van der Waals surface area contributed by atoms with Crippen molar-refractivity contribution < 1.29 is 13.2 Å². The van der Waals surface area contributed by atoms with E-state index in [0.29, 0.717) is 23.7 Å². The molecule has 1 amide bonds. The molecule has 2 N–H and O–H groups in total. The topological polar surface area (TPSA) is 75.3 Å². The van der Waals surface area contributed by atoms with Crippen LogP contribution in [0.3, 0.4) is 0 Å². The van der Waals surface area contributed by atoms with Crippen LogP contribution in [0, 0.1) is 5.92 Å². The van der Waals surface area contributed by atoms with Crippen LogP contribution >= 0.6 is 11.6 Å². The molecule has 23 heavy (non-hydrogen) atoms. The summed E-state index contributed by atoms with van der Waals surface area (Å²) in [7, 11) is -3.37. The van der Waals surface area contributed by atoms with Gasteiger partial charge in [-0.05, 0) is 30.5 Å². The van der Waals surface area contributed by atoms with Gasteiger partial charge >= 0.3 is 0 Å². The van der Waals surface area contributed by atoms with Crippen LogP contribution in [0.5, 0.6) is 0 Å². The van der Waals surface area contributed by atoms with Gasteiger partial charge in [0.2, 0.25) is 10.0 Å². The molecule has 0 aliphatic rings. The predicted octanol–water partition coefficient (Wildman–Crippen LogP) is 3.66. The smallest absolute Gasteiger partial charge is 0.252 e. The van der Waals surface area contributed by atoms with Crippen LogP contribution in [0.4, 0.5) is 5.69 Å². The molecule has 130 valence electrons. The molecule has 0 aliphatic heterocycles. The molecule has 0 heterocycles. The minimum atomic E-state index is -3.37. The number of unbranched alkanes of at least 4 members (excludes halogenated alkanes) is 1. The first-order valence-corrected chi connectivity index (χ1v) is 10.1. The molecule has 1 rings (SSSR count). The van der Waals surface area contributed by atoms with Gasteiger partial charge in [-0.1, -0.05) is 44.7 Å². The normalized spacial score (nSPS) is 12.7. The van der Waals surface area contributed by atoms with Crippen molar-refractivity contribution >= 4 is 33.2 Å². The fourth-order valence-electron chi connectivity index (χ4n) is 2.25. The first-order valence-electron chi connectivity index (χ1n) is 7.82. The highest BCUT2D eigenvalue weighted by Gasteiger charge is 2.14. The lowest BCUT2D eigenvalue weighted by Crippen LogP contribution is -2.29. The highest BCUT2D eigenvalue weighted by molar-refractivity contribution is 7.92. The number of rotatable bonds is 9. The standard InChI is InChI=1S/C16H25ClN2O3S/c1-4-6-7-12(5-2)11-18-16(20)14-9-8-13(10-15(14)17)19-23(3,21)22/h8-10,12,19H,4-7,11H2,1-3H3,(H,18,20). The van der Waals surface area contributed by atoms with Gasteiger partial charge < -0.3 is 5.32 Å². The summed E-state index contributed by atoms with van der Waals surface area (Å²) in [5.41, 5.74) is 0.680. The Labute approximate surface area is 143 Å². The minimum absolute atomic E-state index is 0.220. The van der Waals surface area contributed by atoms with E-state index in [9.17, 15) is 13.2 Å². The van der Waals surface area contributed by atoms with Crippen molar-refractivity contribution in [3.63, 3.8) is 0 Å². The SMILES string of the molecule is CCCCC(CC)CNC(=O)c1ccc(NS(C)(=O)=O)cc1Cl. The van der Waals surface area contributed by atoms with Crippen LogP contribution < -0.4 is 10.0 Å². The second-order valence-corrected chi connectivity index (χ2v) is 7.85. The van der Waals surface area contributed by atoms with Gasteiger partial charge in [-0.15, -0.1) is 0 Å². The lowest BCUT2D eigenvalue weighted by molar-refractivity contribution is 0.0946. The number of benzene rings is 1. The van der Waals surface area contributed by atoms with Crippen LogP contribution in [-0.4, -0.2) is 27.1 Å². The number of sulfonamides is 1. The van der Waals surface area contributed by atoms with Gasteiger partial charge in [0.1, 0.15) is 0 Å². The van der Waals surface area contributed by atoms with Gasteiger partial charge in [-0.25, -0.2) is 8.42 Å². The summed E-state index contributed by atoms with van der Waals surface area (Å²) >= 11 is 6.09. The number of hydrogen-bond acceptors (Lipinski definition) is 3. The third-order valence-electron chi connectivity index (χ3n) is 3.61. The quantitative estimate of drug-likeness (QED) is 0.705. The zero-order chi connectivity index (χ0) is 17.5. The largest absolute Gasteiger partial charge is 0.352 e. The van der Waals surface area contributed by atoms with E-state index in [2.05, 4.69) is 23.9 Å². The van der Waals surface area contributed by atoms with E-state index in [1.807, 2.05) is 0 Å². The number of halogens is 1. The molecule has 7 heteroatoms. The predicted molar refractivity (Wildman–Crippen MR) is 95.6 cm³/mol. The summed E-state index contributed by atoms with van der Waals surface area (Å²) in [5, 5.41) is 3.13. The fourth-order valence-corrected chi connectivity index (χ4v) is 3.07. The first-order chi connectivity index (χ1) is 10.8. The Morgan fingerprint density at radius 2 is 2.00 bits per heavy atom. The van der Waals surface area contributed by atoms with E-state index in [1.165, 1.54) is 18.2 Å². The second kappa shape index (κ2) is 9.13. The van der Waals surface area contributed by atoms with E-state index in [1.54, 1.807) is 0 Å². The van der Waals surface area contributed by atoms with Gasteiger partial charge in [0.05, 0.1) is 16.8 Å². The van der Waals surface area contributed by atoms with Crippen molar-refractivity contribution in [1.82, 2.24) is 5.32 Å². The zero-order valence-electron chi connectivity index (χ0n) is 13.9. The van der Waals surface area contributed by atoms with Crippen LogP contribution in [-0.2, 0) is 10.0 Å². The van der Waals surface area contributed by atoms with Gasteiger partial charge in [0.25, 0.3) is 5.91 Å². The minimum Gasteiger partial charge on any atom is -0.352 e. The molecule has 0 fully saturated rings. The molecule has 1 atom stereocenters. The van der Waals surface area contributed by atoms with Crippen molar-refractivity contribution in [1.29, 1.82) is 0 Å². The number of carbonyl (C=O) groups excluding carboxylic acids is 1. The Bertz CT molecular complexity index is 632. The Kier molecular flexibility index (Phi) is 7.85. The maximum Gasteiger partial charge on any atom is 0.252 e. The average Bonchev–Trinajstić information content (AvgIpc) is 2.45. The Balaban J connectivity index is 2.69. The van der Waals surface area contributed by atoms with Crippen LogP contribution in [0.1, 0.15) is 49.9 Å².